The van der Waals surface area contributed by atoms with Gasteiger partial charge in [-0.05, 0) is 23.8 Å². The molecule has 1 aliphatic heterocycles. The number of para-hydroxylation sites is 1. The number of rotatable bonds is 1. The van der Waals surface area contributed by atoms with Crippen LogP contribution in [0.4, 0.5) is 15.8 Å². The summed E-state index contributed by atoms with van der Waals surface area (Å²) in [5.74, 6) is -0.532. The Labute approximate surface area is 97.5 Å². The van der Waals surface area contributed by atoms with E-state index in [1.165, 1.54) is 11.0 Å². The number of benzene rings is 1. The van der Waals surface area contributed by atoms with Crippen molar-refractivity contribution in [2.24, 2.45) is 0 Å². The largest absolute Gasteiger partial charge is 0.276 e. The number of amides is 1. The van der Waals surface area contributed by atoms with E-state index >= 15 is 0 Å². The standard InChI is InChI=1S/C13H9FN2O/c14-10-3-1-2-4-11(10)16-12-8-15-6-5-9(12)7-13(16)17/h1-6,8H,7H2. The summed E-state index contributed by atoms with van der Waals surface area (Å²) in [4.78, 5) is 17.3. The van der Waals surface area contributed by atoms with Gasteiger partial charge in [-0.2, -0.15) is 0 Å². The van der Waals surface area contributed by atoms with Crippen LogP contribution in [0.5, 0.6) is 0 Å². The molecule has 0 aliphatic carbocycles. The molecule has 4 heteroatoms. The van der Waals surface area contributed by atoms with Crippen molar-refractivity contribution in [2.45, 2.75) is 6.42 Å². The fourth-order valence-electron chi connectivity index (χ4n) is 2.04. The molecule has 0 unspecified atom stereocenters. The van der Waals surface area contributed by atoms with Gasteiger partial charge >= 0.3 is 0 Å². The molecular weight excluding hydrogens is 219 g/mol. The second-order valence-electron chi connectivity index (χ2n) is 3.86. The number of carbonyl (C=O) groups is 1. The predicted molar refractivity (Wildman–Crippen MR) is 61.5 cm³/mol. The Morgan fingerprint density at radius 2 is 2.00 bits per heavy atom. The lowest BCUT2D eigenvalue weighted by Gasteiger charge is -2.17. The third-order valence-electron chi connectivity index (χ3n) is 2.81. The highest BCUT2D eigenvalue weighted by atomic mass is 19.1. The highest BCUT2D eigenvalue weighted by Crippen LogP contribution is 2.35. The summed E-state index contributed by atoms with van der Waals surface area (Å²) in [6, 6.07) is 8.03. The van der Waals surface area contributed by atoms with Crippen LogP contribution in [0.15, 0.2) is 42.7 Å². The van der Waals surface area contributed by atoms with Crippen LogP contribution < -0.4 is 4.90 Å². The van der Waals surface area contributed by atoms with Crippen LogP contribution in [0.2, 0.25) is 0 Å². The summed E-state index contributed by atoms with van der Waals surface area (Å²) in [5, 5.41) is 0. The number of hydrogen-bond acceptors (Lipinski definition) is 2. The van der Waals surface area contributed by atoms with Gasteiger partial charge in [0, 0.05) is 6.20 Å². The molecule has 1 aromatic heterocycles. The molecule has 1 amide bonds. The van der Waals surface area contributed by atoms with Gasteiger partial charge in [0.1, 0.15) is 5.82 Å². The number of anilines is 2. The molecule has 0 saturated heterocycles. The van der Waals surface area contributed by atoms with E-state index in [9.17, 15) is 9.18 Å². The fourth-order valence-corrected chi connectivity index (χ4v) is 2.04. The summed E-state index contributed by atoms with van der Waals surface area (Å²) in [7, 11) is 0. The van der Waals surface area contributed by atoms with E-state index in [0.29, 0.717) is 12.1 Å². The maximum atomic E-state index is 13.7. The van der Waals surface area contributed by atoms with Crippen LogP contribution in [-0.4, -0.2) is 10.9 Å². The SMILES string of the molecule is O=C1Cc2ccncc2N1c1ccccc1F. The third kappa shape index (κ3) is 1.49. The van der Waals surface area contributed by atoms with Gasteiger partial charge in [-0.15, -0.1) is 0 Å². The number of hydrogen-bond donors (Lipinski definition) is 0. The van der Waals surface area contributed by atoms with Crippen LogP contribution in [0.1, 0.15) is 5.56 Å². The van der Waals surface area contributed by atoms with E-state index in [2.05, 4.69) is 4.98 Å². The van der Waals surface area contributed by atoms with Crippen molar-refractivity contribution in [3.8, 4) is 0 Å². The lowest BCUT2D eigenvalue weighted by Crippen LogP contribution is -2.21. The van der Waals surface area contributed by atoms with Gasteiger partial charge < -0.3 is 0 Å². The molecule has 0 radical (unpaired) electrons. The monoisotopic (exact) mass is 228 g/mol. The molecule has 2 heterocycles. The molecular formula is C13H9FN2O. The molecule has 0 atom stereocenters. The van der Waals surface area contributed by atoms with Crippen LogP contribution in [0.25, 0.3) is 0 Å². The van der Waals surface area contributed by atoms with Gasteiger partial charge in [0.15, 0.2) is 0 Å². The molecule has 0 fully saturated rings. The number of halogens is 1. The van der Waals surface area contributed by atoms with Crippen molar-refractivity contribution in [1.82, 2.24) is 4.98 Å². The number of nitrogens with zero attached hydrogens (tertiary/aromatic N) is 2. The Morgan fingerprint density at radius 3 is 2.82 bits per heavy atom. The minimum atomic E-state index is -0.405. The lowest BCUT2D eigenvalue weighted by molar-refractivity contribution is -0.116. The third-order valence-corrected chi connectivity index (χ3v) is 2.81. The first kappa shape index (κ1) is 9.96. The van der Waals surface area contributed by atoms with Gasteiger partial charge in [-0.25, -0.2) is 4.39 Å². The van der Waals surface area contributed by atoms with Crippen molar-refractivity contribution >= 4 is 17.3 Å². The normalized spacial score (nSPS) is 13.9. The first-order chi connectivity index (χ1) is 8.27. The molecule has 3 rings (SSSR count). The van der Waals surface area contributed by atoms with Gasteiger partial charge in [0.05, 0.1) is 24.0 Å². The fraction of sp³-hybridized carbons (Fsp3) is 0.0769. The van der Waals surface area contributed by atoms with Crippen molar-refractivity contribution in [2.75, 3.05) is 4.90 Å². The van der Waals surface area contributed by atoms with Crippen LogP contribution in [0, 0.1) is 5.82 Å². The Balaban J connectivity index is 2.16. The lowest BCUT2D eigenvalue weighted by atomic mass is 10.2. The Bertz CT molecular complexity index is 597. The zero-order valence-corrected chi connectivity index (χ0v) is 8.93. The number of aromatic nitrogens is 1. The minimum absolute atomic E-state index is 0.127. The van der Waals surface area contributed by atoms with Gasteiger partial charge in [-0.3, -0.25) is 14.7 Å². The first-order valence-corrected chi connectivity index (χ1v) is 5.28. The van der Waals surface area contributed by atoms with Gasteiger partial charge in [0.25, 0.3) is 0 Å². The van der Waals surface area contributed by atoms with Gasteiger partial charge in [-0.1, -0.05) is 12.1 Å². The highest BCUT2D eigenvalue weighted by Gasteiger charge is 2.29. The highest BCUT2D eigenvalue weighted by molar-refractivity contribution is 6.07. The molecule has 1 aromatic carbocycles. The van der Waals surface area contributed by atoms with E-state index < -0.39 is 5.82 Å². The molecule has 0 spiro atoms. The molecule has 0 bridgehead atoms. The summed E-state index contributed by atoms with van der Waals surface area (Å²) in [6.45, 7) is 0. The maximum Gasteiger partial charge on any atom is 0.236 e. The molecule has 84 valence electrons. The average Bonchev–Trinajstić information content (AvgIpc) is 2.66. The van der Waals surface area contributed by atoms with Crippen molar-refractivity contribution in [1.29, 1.82) is 0 Å². The Morgan fingerprint density at radius 1 is 1.18 bits per heavy atom. The van der Waals surface area contributed by atoms with Crippen LogP contribution in [0.3, 0.4) is 0 Å². The molecule has 2 aromatic rings. The van der Waals surface area contributed by atoms with E-state index in [-0.39, 0.29) is 11.6 Å². The van der Waals surface area contributed by atoms with Crippen molar-refractivity contribution in [3.05, 3.63) is 54.1 Å². The number of pyridine rings is 1. The minimum Gasteiger partial charge on any atom is -0.276 e. The van der Waals surface area contributed by atoms with Crippen LogP contribution >= 0.6 is 0 Å². The summed E-state index contributed by atoms with van der Waals surface area (Å²) in [6.07, 6.45) is 3.52. The molecule has 3 nitrogen and oxygen atoms in total. The van der Waals surface area contributed by atoms with Gasteiger partial charge in [0.2, 0.25) is 5.91 Å². The average molecular weight is 228 g/mol. The quantitative estimate of drug-likeness (QED) is 0.751. The summed E-state index contributed by atoms with van der Waals surface area (Å²) >= 11 is 0. The number of fused-ring (bicyclic) bond motifs is 1. The summed E-state index contributed by atoms with van der Waals surface area (Å²) < 4.78 is 13.7. The van der Waals surface area contributed by atoms with E-state index in [1.54, 1.807) is 36.7 Å². The Kier molecular flexibility index (Phi) is 2.14. The van der Waals surface area contributed by atoms with E-state index in [0.717, 1.165) is 5.56 Å². The Hall–Kier alpha value is -2.23. The molecule has 0 saturated carbocycles. The molecule has 1 aliphatic rings. The van der Waals surface area contributed by atoms with E-state index in [4.69, 9.17) is 0 Å². The zero-order valence-electron chi connectivity index (χ0n) is 8.93. The first-order valence-electron chi connectivity index (χ1n) is 5.28. The summed E-state index contributed by atoms with van der Waals surface area (Å²) in [5.41, 5.74) is 1.83. The topological polar surface area (TPSA) is 33.2 Å². The number of carbonyl (C=O) groups excluding carboxylic acids is 1. The molecule has 17 heavy (non-hydrogen) atoms. The van der Waals surface area contributed by atoms with Crippen molar-refractivity contribution < 1.29 is 9.18 Å². The zero-order chi connectivity index (χ0) is 11.8. The van der Waals surface area contributed by atoms with Crippen LogP contribution in [-0.2, 0) is 11.2 Å². The predicted octanol–water partition coefficient (Wildman–Crippen LogP) is 2.44. The molecule has 0 N–H and O–H groups in total. The second kappa shape index (κ2) is 3.66. The second-order valence-corrected chi connectivity index (χ2v) is 3.86. The maximum absolute atomic E-state index is 13.7. The smallest absolute Gasteiger partial charge is 0.236 e. The van der Waals surface area contributed by atoms with E-state index in [1.807, 2.05) is 0 Å². The van der Waals surface area contributed by atoms with Crippen molar-refractivity contribution in [3.63, 3.8) is 0 Å².